The zero-order chi connectivity index (χ0) is 18.7. The Balaban J connectivity index is 1.67. The van der Waals surface area contributed by atoms with Crippen LogP contribution in [-0.4, -0.2) is 21.4 Å². The summed E-state index contributed by atoms with van der Waals surface area (Å²) in [4.78, 5) is 12.2. The first kappa shape index (κ1) is 18.1. The van der Waals surface area contributed by atoms with Crippen LogP contribution < -0.4 is 5.32 Å². The van der Waals surface area contributed by atoms with Crippen molar-refractivity contribution in [3.05, 3.63) is 59.7 Å². The van der Waals surface area contributed by atoms with Crippen molar-refractivity contribution in [3.8, 4) is 11.5 Å². The Kier molecular flexibility index (Phi) is 5.32. The third-order valence-electron chi connectivity index (χ3n) is 3.56. The number of halogens is 2. The van der Waals surface area contributed by atoms with Crippen molar-refractivity contribution in [3.63, 3.8) is 0 Å². The molecule has 0 fully saturated rings. The number of carbonyl (C=O) groups is 1. The highest BCUT2D eigenvalue weighted by atomic mass is 32.2. The van der Waals surface area contributed by atoms with Crippen molar-refractivity contribution < 1.29 is 18.0 Å². The van der Waals surface area contributed by atoms with E-state index < -0.39 is 28.5 Å². The van der Waals surface area contributed by atoms with Gasteiger partial charge in [0.1, 0.15) is 17.3 Å². The molecule has 8 heteroatoms. The van der Waals surface area contributed by atoms with Gasteiger partial charge >= 0.3 is 0 Å². The summed E-state index contributed by atoms with van der Waals surface area (Å²) < 4.78 is 32.8. The van der Waals surface area contributed by atoms with E-state index >= 15 is 0 Å². The Labute approximate surface area is 152 Å². The van der Waals surface area contributed by atoms with Crippen LogP contribution in [0.1, 0.15) is 12.5 Å². The van der Waals surface area contributed by atoms with Gasteiger partial charge in [0.15, 0.2) is 0 Å². The maximum absolute atomic E-state index is 13.6. The molecule has 0 aliphatic rings. The van der Waals surface area contributed by atoms with Crippen molar-refractivity contribution in [1.29, 1.82) is 0 Å². The molecule has 26 heavy (non-hydrogen) atoms. The van der Waals surface area contributed by atoms with Crippen LogP contribution in [-0.2, 0) is 4.79 Å². The number of benzene rings is 2. The number of para-hydroxylation sites is 1. The van der Waals surface area contributed by atoms with Gasteiger partial charge in [0.25, 0.3) is 5.22 Å². The standard InChI is InChI=1S/C18H15F2N3O2S/c1-10-6-8-12(9-7-10)17-22-23-18(25-17)26-11(2)16(24)21-15-13(19)4-3-5-14(15)20/h3-9,11H,1-2H3,(H,21,24)/t11-/m1/s1. The van der Waals surface area contributed by atoms with Gasteiger partial charge in [0.2, 0.25) is 11.8 Å². The van der Waals surface area contributed by atoms with E-state index in [0.29, 0.717) is 5.89 Å². The molecule has 1 atom stereocenters. The minimum Gasteiger partial charge on any atom is -0.411 e. The lowest BCUT2D eigenvalue weighted by Crippen LogP contribution is -2.23. The maximum Gasteiger partial charge on any atom is 0.277 e. The van der Waals surface area contributed by atoms with Gasteiger partial charge in [-0.2, -0.15) is 0 Å². The molecule has 0 aliphatic carbocycles. The van der Waals surface area contributed by atoms with E-state index in [1.165, 1.54) is 6.07 Å². The van der Waals surface area contributed by atoms with Crippen LogP contribution in [0, 0.1) is 18.6 Å². The molecule has 1 heterocycles. The molecule has 1 amide bonds. The second-order valence-electron chi connectivity index (χ2n) is 5.59. The fraction of sp³-hybridized carbons (Fsp3) is 0.167. The molecule has 0 aliphatic heterocycles. The van der Waals surface area contributed by atoms with E-state index in [1.54, 1.807) is 6.92 Å². The number of aryl methyl sites for hydroxylation is 1. The Morgan fingerprint density at radius 3 is 2.42 bits per heavy atom. The third kappa shape index (κ3) is 4.08. The van der Waals surface area contributed by atoms with Crippen molar-refractivity contribution in [1.82, 2.24) is 10.2 Å². The molecular weight excluding hydrogens is 360 g/mol. The van der Waals surface area contributed by atoms with Gasteiger partial charge in [-0.05, 0) is 38.1 Å². The average Bonchev–Trinajstić information content (AvgIpc) is 3.07. The summed E-state index contributed by atoms with van der Waals surface area (Å²) in [6.07, 6.45) is 0. The van der Waals surface area contributed by atoms with Gasteiger partial charge in [-0.1, -0.05) is 35.5 Å². The molecule has 1 N–H and O–H groups in total. The number of thioether (sulfide) groups is 1. The van der Waals surface area contributed by atoms with Crippen molar-refractivity contribution in [2.45, 2.75) is 24.3 Å². The Morgan fingerprint density at radius 1 is 1.12 bits per heavy atom. The zero-order valence-electron chi connectivity index (χ0n) is 14.0. The summed E-state index contributed by atoms with van der Waals surface area (Å²) in [6, 6.07) is 10.9. The maximum atomic E-state index is 13.6. The van der Waals surface area contributed by atoms with Gasteiger partial charge in [-0.25, -0.2) is 8.78 Å². The SMILES string of the molecule is Cc1ccc(-c2nnc(S[C@H](C)C(=O)Nc3c(F)cccc3F)o2)cc1. The van der Waals surface area contributed by atoms with Crippen LogP contribution in [0.4, 0.5) is 14.5 Å². The highest BCUT2D eigenvalue weighted by Crippen LogP contribution is 2.27. The van der Waals surface area contributed by atoms with Gasteiger partial charge in [0, 0.05) is 5.56 Å². The number of hydrogen-bond acceptors (Lipinski definition) is 5. The molecule has 0 unspecified atom stereocenters. The van der Waals surface area contributed by atoms with Crippen LogP contribution in [0.5, 0.6) is 0 Å². The molecule has 0 bridgehead atoms. The van der Waals surface area contributed by atoms with Gasteiger partial charge in [-0.15, -0.1) is 10.2 Å². The smallest absolute Gasteiger partial charge is 0.277 e. The molecule has 3 aromatic rings. The molecule has 0 spiro atoms. The van der Waals surface area contributed by atoms with E-state index in [0.717, 1.165) is 35.0 Å². The summed E-state index contributed by atoms with van der Waals surface area (Å²) in [6.45, 7) is 3.55. The largest absolute Gasteiger partial charge is 0.411 e. The second-order valence-corrected chi connectivity index (χ2v) is 6.88. The van der Waals surface area contributed by atoms with E-state index in [-0.39, 0.29) is 5.22 Å². The van der Waals surface area contributed by atoms with E-state index in [4.69, 9.17) is 4.42 Å². The summed E-state index contributed by atoms with van der Waals surface area (Å²) >= 11 is 1.00. The summed E-state index contributed by atoms with van der Waals surface area (Å²) in [7, 11) is 0. The lowest BCUT2D eigenvalue weighted by atomic mass is 10.1. The van der Waals surface area contributed by atoms with Crippen LogP contribution in [0.15, 0.2) is 52.1 Å². The van der Waals surface area contributed by atoms with Crippen molar-refractivity contribution in [2.75, 3.05) is 5.32 Å². The first-order valence-corrected chi connectivity index (χ1v) is 8.64. The number of rotatable bonds is 5. The third-order valence-corrected chi connectivity index (χ3v) is 4.50. The number of amides is 1. The number of carbonyl (C=O) groups excluding carboxylic acids is 1. The minimum atomic E-state index is -0.838. The predicted molar refractivity (Wildman–Crippen MR) is 94.8 cm³/mol. The van der Waals surface area contributed by atoms with Crippen molar-refractivity contribution >= 4 is 23.4 Å². The summed E-state index contributed by atoms with van der Waals surface area (Å²) in [5, 5.41) is 9.59. The Hall–Kier alpha value is -2.74. The van der Waals surface area contributed by atoms with Crippen molar-refractivity contribution in [2.24, 2.45) is 0 Å². The molecule has 5 nitrogen and oxygen atoms in total. The minimum absolute atomic E-state index is 0.192. The topological polar surface area (TPSA) is 68.0 Å². The Bertz CT molecular complexity index is 908. The van der Waals surface area contributed by atoms with Crippen LogP contribution >= 0.6 is 11.8 Å². The lowest BCUT2D eigenvalue weighted by Gasteiger charge is -2.11. The number of nitrogens with one attached hydrogen (secondary N) is 1. The molecule has 0 saturated heterocycles. The highest BCUT2D eigenvalue weighted by Gasteiger charge is 2.21. The average molecular weight is 375 g/mol. The fourth-order valence-corrected chi connectivity index (χ4v) is 2.80. The number of aromatic nitrogens is 2. The quantitative estimate of drug-likeness (QED) is 0.668. The number of hydrogen-bond donors (Lipinski definition) is 1. The first-order chi connectivity index (χ1) is 12.4. The van der Waals surface area contributed by atoms with Crippen LogP contribution in [0.3, 0.4) is 0 Å². The van der Waals surface area contributed by atoms with E-state index in [9.17, 15) is 13.6 Å². The molecule has 2 aromatic carbocycles. The highest BCUT2D eigenvalue weighted by molar-refractivity contribution is 8.00. The molecule has 1 aromatic heterocycles. The molecule has 134 valence electrons. The predicted octanol–water partition coefficient (Wildman–Crippen LogP) is 4.44. The van der Waals surface area contributed by atoms with Gasteiger partial charge < -0.3 is 9.73 Å². The van der Waals surface area contributed by atoms with Gasteiger partial charge in [-0.3, -0.25) is 4.79 Å². The van der Waals surface area contributed by atoms with E-state index in [1.807, 2.05) is 31.2 Å². The lowest BCUT2D eigenvalue weighted by molar-refractivity contribution is -0.115. The monoisotopic (exact) mass is 375 g/mol. The molecule has 3 rings (SSSR count). The normalized spacial score (nSPS) is 12.0. The van der Waals surface area contributed by atoms with Crippen LogP contribution in [0.2, 0.25) is 0 Å². The summed E-state index contributed by atoms with van der Waals surface area (Å²) in [5.74, 6) is -1.92. The molecule has 0 radical (unpaired) electrons. The fourth-order valence-electron chi connectivity index (χ4n) is 2.12. The van der Waals surface area contributed by atoms with Gasteiger partial charge in [0.05, 0.1) is 5.25 Å². The first-order valence-electron chi connectivity index (χ1n) is 7.76. The van der Waals surface area contributed by atoms with Crippen LogP contribution in [0.25, 0.3) is 11.5 Å². The number of nitrogens with zero attached hydrogens (tertiary/aromatic N) is 2. The Morgan fingerprint density at radius 2 is 1.77 bits per heavy atom. The number of anilines is 1. The van der Waals surface area contributed by atoms with E-state index in [2.05, 4.69) is 15.5 Å². The summed E-state index contributed by atoms with van der Waals surface area (Å²) in [5.41, 5.74) is 1.39. The second kappa shape index (κ2) is 7.65. The molecular formula is C18H15F2N3O2S. The molecule has 0 saturated carbocycles. The zero-order valence-corrected chi connectivity index (χ0v) is 14.8.